The summed E-state index contributed by atoms with van der Waals surface area (Å²) >= 11 is 0. The zero-order chi connectivity index (χ0) is 13.7. The second kappa shape index (κ2) is 5.95. The van der Waals surface area contributed by atoms with Gasteiger partial charge in [-0.2, -0.15) is 0 Å². The predicted molar refractivity (Wildman–Crippen MR) is 73.7 cm³/mol. The molecule has 0 aliphatic heterocycles. The highest BCUT2D eigenvalue weighted by atomic mass is 16.1. The van der Waals surface area contributed by atoms with Crippen molar-refractivity contribution in [2.75, 3.05) is 12.3 Å². The van der Waals surface area contributed by atoms with Crippen molar-refractivity contribution in [2.24, 2.45) is 0 Å². The van der Waals surface area contributed by atoms with Crippen molar-refractivity contribution >= 4 is 11.7 Å². The van der Waals surface area contributed by atoms with Crippen LogP contribution in [-0.2, 0) is 6.42 Å². The number of aryl methyl sites for hydroxylation is 1. The molecule has 1 aromatic heterocycles. The maximum atomic E-state index is 11.8. The number of aromatic nitrogens is 2. The number of amides is 1. The van der Waals surface area contributed by atoms with E-state index in [2.05, 4.69) is 21.4 Å². The van der Waals surface area contributed by atoms with E-state index in [1.54, 1.807) is 0 Å². The van der Waals surface area contributed by atoms with Gasteiger partial charge < -0.3 is 11.1 Å². The van der Waals surface area contributed by atoms with E-state index in [9.17, 15) is 4.79 Å². The van der Waals surface area contributed by atoms with Crippen LogP contribution in [0.15, 0.2) is 36.7 Å². The molecule has 0 fully saturated rings. The number of carbonyl (C=O) groups is 1. The Hall–Kier alpha value is -2.43. The van der Waals surface area contributed by atoms with Crippen molar-refractivity contribution in [1.82, 2.24) is 15.3 Å². The number of nitrogens with one attached hydrogen (secondary N) is 1. The molecule has 5 heteroatoms. The van der Waals surface area contributed by atoms with Crippen molar-refractivity contribution in [1.29, 1.82) is 0 Å². The van der Waals surface area contributed by atoms with Crippen LogP contribution in [0.2, 0.25) is 0 Å². The van der Waals surface area contributed by atoms with E-state index >= 15 is 0 Å². The van der Waals surface area contributed by atoms with Crippen LogP contribution in [0.25, 0.3) is 0 Å². The number of benzene rings is 1. The topological polar surface area (TPSA) is 80.9 Å². The Morgan fingerprint density at radius 3 is 2.84 bits per heavy atom. The van der Waals surface area contributed by atoms with Gasteiger partial charge in [-0.05, 0) is 18.9 Å². The lowest BCUT2D eigenvalue weighted by atomic mass is 10.1. The molecule has 0 radical (unpaired) electrons. The van der Waals surface area contributed by atoms with Crippen LogP contribution in [-0.4, -0.2) is 22.4 Å². The van der Waals surface area contributed by atoms with E-state index in [-0.39, 0.29) is 11.6 Å². The zero-order valence-electron chi connectivity index (χ0n) is 10.8. The Bertz CT molecular complexity index is 566. The van der Waals surface area contributed by atoms with Gasteiger partial charge >= 0.3 is 0 Å². The molecule has 0 atom stereocenters. The summed E-state index contributed by atoms with van der Waals surface area (Å²) in [6.45, 7) is 2.61. The summed E-state index contributed by atoms with van der Waals surface area (Å²) in [5, 5.41) is 2.80. The molecule has 0 saturated carbocycles. The van der Waals surface area contributed by atoms with E-state index in [0.717, 1.165) is 6.42 Å². The number of nitrogens with two attached hydrogens (primary N) is 1. The monoisotopic (exact) mass is 256 g/mol. The number of nitrogens with zero attached hydrogens (tertiary/aromatic N) is 2. The first-order valence-electron chi connectivity index (χ1n) is 6.06. The normalized spacial score (nSPS) is 10.2. The van der Waals surface area contributed by atoms with Gasteiger partial charge in [-0.25, -0.2) is 9.97 Å². The fraction of sp³-hybridized carbons (Fsp3) is 0.214. The molecular formula is C14H16N4O. The van der Waals surface area contributed by atoms with Gasteiger partial charge in [0, 0.05) is 6.54 Å². The first-order valence-corrected chi connectivity index (χ1v) is 6.06. The molecule has 98 valence electrons. The van der Waals surface area contributed by atoms with E-state index in [0.29, 0.717) is 12.4 Å². The summed E-state index contributed by atoms with van der Waals surface area (Å²) < 4.78 is 0. The van der Waals surface area contributed by atoms with Crippen LogP contribution in [0.1, 0.15) is 21.6 Å². The van der Waals surface area contributed by atoms with E-state index in [4.69, 9.17) is 5.73 Å². The van der Waals surface area contributed by atoms with Crippen LogP contribution >= 0.6 is 0 Å². The number of hydrogen-bond acceptors (Lipinski definition) is 4. The predicted octanol–water partition coefficient (Wildman–Crippen LogP) is 1.34. The minimum atomic E-state index is -0.236. The maximum absolute atomic E-state index is 11.8. The van der Waals surface area contributed by atoms with Crippen molar-refractivity contribution in [3.8, 4) is 0 Å². The lowest BCUT2D eigenvalue weighted by Crippen LogP contribution is -2.26. The van der Waals surface area contributed by atoms with Crippen molar-refractivity contribution in [3.63, 3.8) is 0 Å². The number of anilines is 1. The molecule has 5 nitrogen and oxygen atoms in total. The standard InChI is InChI=1S/C14H16N4O/c1-10-3-2-4-11(7-10)5-6-16-14(19)12-8-18-13(15)9-17-12/h2-4,7-9H,5-6H2,1H3,(H2,15,18)(H,16,19). The third kappa shape index (κ3) is 3.77. The molecule has 19 heavy (non-hydrogen) atoms. The molecule has 0 aliphatic rings. The van der Waals surface area contributed by atoms with Gasteiger partial charge in [0.1, 0.15) is 11.5 Å². The Balaban J connectivity index is 1.86. The third-order valence-electron chi connectivity index (χ3n) is 2.69. The third-order valence-corrected chi connectivity index (χ3v) is 2.69. The van der Waals surface area contributed by atoms with Gasteiger partial charge in [0.05, 0.1) is 12.4 Å². The van der Waals surface area contributed by atoms with Crippen molar-refractivity contribution in [3.05, 3.63) is 53.5 Å². The highest BCUT2D eigenvalue weighted by molar-refractivity contribution is 5.91. The second-order valence-electron chi connectivity index (χ2n) is 4.32. The Kier molecular flexibility index (Phi) is 4.07. The summed E-state index contributed by atoms with van der Waals surface area (Å²) in [4.78, 5) is 19.5. The van der Waals surface area contributed by atoms with Gasteiger partial charge in [-0.1, -0.05) is 29.8 Å². The quantitative estimate of drug-likeness (QED) is 0.865. The highest BCUT2D eigenvalue weighted by Gasteiger charge is 2.06. The minimum absolute atomic E-state index is 0.236. The molecule has 0 saturated heterocycles. The number of hydrogen-bond donors (Lipinski definition) is 2. The van der Waals surface area contributed by atoms with Crippen LogP contribution in [0, 0.1) is 6.92 Å². The van der Waals surface area contributed by atoms with E-state index in [1.165, 1.54) is 23.5 Å². The molecule has 1 amide bonds. The number of rotatable bonds is 4. The zero-order valence-corrected chi connectivity index (χ0v) is 10.8. The van der Waals surface area contributed by atoms with Gasteiger partial charge in [-0.15, -0.1) is 0 Å². The van der Waals surface area contributed by atoms with E-state index < -0.39 is 0 Å². The molecule has 0 aliphatic carbocycles. The smallest absolute Gasteiger partial charge is 0.271 e. The summed E-state index contributed by atoms with van der Waals surface area (Å²) in [7, 11) is 0. The molecule has 0 bridgehead atoms. The molecule has 0 spiro atoms. The average molecular weight is 256 g/mol. The van der Waals surface area contributed by atoms with Gasteiger partial charge in [0.2, 0.25) is 0 Å². The average Bonchev–Trinajstić information content (AvgIpc) is 2.39. The summed E-state index contributed by atoms with van der Waals surface area (Å²) in [6, 6.07) is 8.21. The summed E-state index contributed by atoms with van der Waals surface area (Å²) in [5.74, 6) is 0.0662. The van der Waals surface area contributed by atoms with Crippen molar-refractivity contribution < 1.29 is 4.79 Å². The van der Waals surface area contributed by atoms with Gasteiger partial charge in [0.25, 0.3) is 5.91 Å². The SMILES string of the molecule is Cc1cccc(CCNC(=O)c2cnc(N)cn2)c1. The van der Waals surface area contributed by atoms with Crippen LogP contribution in [0.5, 0.6) is 0 Å². The molecule has 0 unspecified atom stereocenters. The number of carbonyl (C=O) groups excluding carboxylic acids is 1. The Labute approximate surface area is 111 Å². The fourth-order valence-corrected chi connectivity index (χ4v) is 1.73. The molecule has 1 heterocycles. The Morgan fingerprint density at radius 2 is 2.16 bits per heavy atom. The van der Waals surface area contributed by atoms with E-state index in [1.807, 2.05) is 25.1 Å². The van der Waals surface area contributed by atoms with Crippen LogP contribution < -0.4 is 11.1 Å². The lowest BCUT2D eigenvalue weighted by Gasteiger charge is -2.05. The molecule has 1 aromatic carbocycles. The Morgan fingerprint density at radius 1 is 1.32 bits per heavy atom. The van der Waals surface area contributed by atoms with Gasteiger partial charge in [-0.3, -0.25) is 4.79 Å². The maximum Gasteiger partial charge on any atom is 0.271 e. The lowest BCUT2D eigenvalue weighted by molar-refractivity contribution is 0.0949. The fourth-order valence-electron chi connectivity index (χ4n) is 1.73. The molecule has 2 rings (SSSR count). The first kappa shape index (κ1) is 13.0. The van der Waals surface area contributed by atoms with Crippen molar-refractivity contribution in [2.45, 2.75) is 13.3 Å². The number of nitrogen functional groups attached to an aromatic ring is 1. The molecule has 2 aromatic rings. The summed E-state index contributed by atoms with van der Waals surface area (Å²) in [6.07, 6.45) is 3.53. The molecular weight excluding hydrogens is 240 g/mol. The van der Waals surface area contributed by atoms with Gasteiger partial charge in [0.15, 0.2) is 0 Å². The molecule has 3 N–H and O–H groups in total. The first-order chi connectivity index (χ1) is 9.15. The summed E-state index contributed by atoms with van der Waals surface area (Å²) in [5.41, 5.74) is 8.10. The van der Waals surface area contributed by atoms with Crippen LogP contribution in [0.3, 0.4) is 0 Å². The minimum Gasteiger partial charge on any atom is -0.382 e. The van der Waals surface area contributed by atoms with Crippen LogP contribution in [0.4, 0.5) is 5.82 Å². The highest BCUT2D eigenvalue weighted by Crippen LogP contribution is 2.04. The second-order valence-corrected chi connectivity index (χ2v) is 4.32. The largest absolute Gasteiger partial charge is 0.382 e.